The van der Waals surface area contributed by atoms with Crippen molar-refractivity contribution in [2.75, 3.05) is 74.1 Å². The fraction of sp³-hybridized carbons (Fsp3) is 0.509. The second-order valence-corrected chi connectivity index (χ2v) is 17.4. The number of amides is 8. The molecule has 24 heteroatoms. The second kappa shape index (κ2) is 66.0. The van der Waals surface area contributed by atoms with E-state index >= 15 is 0 Å². The summed E-state index contributed by atoms with van der Waals surface area (Å²) in [4.78, 5) is 89.9. The summed E-state index contributed by atoms with van der Waals surface area (Å²) in [6.45, 7) is 39.1. The fourth-order valence-corrected chi connectivity index (χ4v) is 3.75. The molecule has 0 bridgehead atoms. The van der Waals surface area contributed by atoms with Gasteiger partial charge in [0.2, 0.25) is 47.3 Å². The van der Waals surface area contributed by atoms with Crippen molar-refractivity contribution in [1.82, 2.24) is 57.3 Å². The molecule has 2 aromatic rings. The summed E-state index contributed by atoms with van der Waals surface area (Å²) in [5.74, 6) is -1.62. The van der Waals surface area contributed by atoms with Gasteiger partial charge in [0.05, 0.1) is 19.2 Å². The third-order valence-corrected chi connectivity index (χ3v) is 7.92. The molecule has 1 atom stereocenters. The molecule has 0 aliphatic heterocycles. The number of nitriles is 1. The number of benzene rings is 1. The summed E-state index contributed by atoms with van der Waals surface area (Å²) < 4.78 is 0. The van der Waals surface area contributed by atoms with E-state index in [-0.39, 0.29) is 55.1 Å². The van der Waals surface area contributed by atoms with Crippen molar-refractivity contribution >= 4 is 47.3 Å². The van der Waals surface area contributed by atoms with Crippen LogP contribution < -0.4 is 59.7 Å². The molecule has 1 aromatic carbocycles. The number of unbranched alkanes of at least 4 members (excludes halogenated alkanes) is 1. The molecule has 24 nitrogen and oxygen atoms in total. The highest BCUT2D eigenvalue weighted by atomic mass is 16.3. The topological polar surface area (TPSA) is 374 Å². The van der Waals surface area contributed by atoms with Gasteiger partial charge in [-0.2, -0.15) is 5.26 Å². The Balaban J connectivity index is -0.000000123. The Labute approximate surface area is 485 Å². The molecule has 0 aliphatic carbocycles. The summed E-state index contributed by atoms with van der Waals surface area (Å²) in [7, 11) is 7.90. The van der Waals surface area contributed by atoms with E-state index in [0.29, 0.717) is 31.8 Å². The molecule has 0 spiro atoms. The van der Waals surface area contributed by atoms with Crippen molar-refractivity contribution in [2.45, 2.75) is 121 Å². The molecule has 0 aliphatic rings. The van der Waals surface area contributed by atoms with Crippen molar-refractivity contribution in [3.05, 3.63) is 115 Å². The van der Waals surface area contributed by atoms with Gasteiger partial charge in [-0.3, -0.25) is 43.3 Å². The SMILES string of the molecule is C=C(C)N.C=C(C)N(C)C.C=C(C)NCCCC.C=C(C)NCCO.CC(=O)NCC#N.CC(=O)NCC(N)=O.CC(=O)NCCN(C)C.CC(=O)NCc1ccccc1.CC(=O)NCc1ccncc1.CCC(NC(C)=O)C(N)=O. The number of allylic oxidation sites excluding steroid dienone is 4. The van der Waals surface area contributed by atoms with Crippen LogP contribution in [0, 0.1) is 11.3 Å². The summed E-state index contributed by atoms with van der Waals surface area (Å²) in [5.41, 5.74) is 20.5. The van der Waals surface area contributed by atoms with Gasteiger partial charge in [0.15, 0.2) is 0 Å². The largest absolute Gasteiger partial charge is 0.403 e. The van der Waals surface area contributed by atoms with E-state index in [4.69, 9.17) is 21.8 Å². The van der Waals surface area contributed by atoms with Gasteiger partial charge in [0.25, 0.3) is 0 Å². The lowest BCUT2D eigenvalue weighted by Crippen LogP contribution is -2.42. The van der Waals surface area contributed by atoms with Crippen LogP contribution in [0.15, 0.2) is 104 Å². The van der Waals surface area contributed by atoms with E-state index in [0.717, 1.165) is 47.9 Å². The van der Waals surface area contributed by atoms with Crippen molar-refractivity contribution in [1.29, 1.82) is 5.26 Å². The van der Waals surface area contributed by atoms with Crippen LogP contribution in [0.1, 0.15) is 113 Å². The van der Waals surface area contributed by atoms with E-state index < -0.39 is 17.9 Å². The molecule has 2 rings (SSSR count). The van der Waals surface area contributed by atoms with Crippen molar-refractivity contribution < 1.29 is 43.5 Å². The maximum atomic E-state index is 10.5. The van der Waals surface area contributed by atoms with Gasteiger partial charge in [0, 0.05) is 124 Å². The first kappa shape index (κ1) is 89.3. The van der Waals surface area contributed by atoms with Gasteiger partial charge < -0.3 is 74.6 Å². The number of hydrogen-bond acceptors (Lipinski definition) is 16. The minimum atomic E-state index is -0.528. The monoisotopic (exact) mass is 1140 g/mol. The molecule has 1 heterocycles. The van der Waals surface area contributed by atoms with Crippen LogP contribution in [0.25, 0.3) is 0 Å². The zero-order valence-electron chi connectivity index (χ0n) is 51.8. The number of aliphatic hydroxyl groups excluding tert-OH is 1. The molecule has 15 N–H and O–H groups in total. The third kappa shape index (κ3) is 112. The van der Waals surface area contributed by atoms with E-state index in [1.54, 1.807) is 32.3 Å². The predicted octanol–water partition coefficient (Wildman–Crippen LogP) is 2.94. The number of aliphatic hydroxyl groups is 1. The Kier molecular flexibility index (Phi) is 72.7. The molecule has 1 unspecified atom stereocenters. The molecule has 81 heavy (non-hydrogen) atoms. The van der Waals surface area contributed by atoms with E-state index in [9.17, 15) is 38.4 Å². The molecule has 0 fully saturated rings. The zero-order chi connectivity index (χ0) is 64.7. The zero-order valence-corrected chi connectivity index (χ0v) is 51.8. The van der Waals surface area contributed by atoms with Crippen molar-refractivity contribution in [2.24, 2.45) is 17.2 Å². The van der Waals surface area contributed by atoms with Gasteiger partial charge in [-0.05, 0) is 83.6 Å². The fourth-order valence-electron chi connectivity index (χ4n) is 3.75. The Morgan fingerprint density at radius 3 is 1.26 bits per heavy atom. The molecule has 0 saturated heterocycles. The number of primary amides is 2. The van der Waals surface area contributed by atoms with Crippen LogP contribution >= 0.6 is 0 Å². The maximum Gasteiger partial charge on any atom is 0.239 e. The van der Waals surface area contributed by atoms with Gasteiger partial charge in [-0.25, -0.2) is 0 Å². The van der Waals surface area contributed by atoms with Gasteiger partial charge in [-0.1, -0.05) is 76.9 Å². The van der Waals surface area contributed by atoms with Crippen LogP contribution in [0.2, 0.25) is 0 Å². The first-order chi connectivity index (χ1) is 37.6. The average Bonchev–Trinajstić information content (AvgIpc) is 3.36. The number of carbonyl (C=O) groups is 8. The molecular formula is C57H105N15O9. The summed E-state index contributed by atoms with van der Waals surface area (Å²) in [6, 6.07) is 14.8. The van der Waals surface area contributed by atoms with Gasteiger partial charge in [0.1, 0.15) is 12.6 Å². The smallest absolute Gasteiger partial charge is 0.239 e. The number of pyridine rings is 1. The Hall–Kier alpha value is -8.30. The molecule has 1 aromatic heterocycles. The quantitative estimate of drug-likeness (QED) is 0.0631. The minimum absolute atomic E-state index is 0.00820. The van der Waals surface area contributed by atoms with Gasteiger partial charge >= 0.3 is 0 Å². The maximum absolute atomic E-state index is 10.5. The number of nitrogens with zero attached hydrogens (tertiary/aromatic N) is 4. The van der Waals surface area contributed by atoms with Crippen LogP contribution in [0.3, 0.4) is 0 Å². The normalized spacial score (nSPS) is 8.95. The number of aromatic nitrogens is 1. The Morgan fingerprint density at radius 1 is 0.605 bits per heavy atom. The minimum Gasteiger partial charge on any atom is -0.403 e. The van der Waals surface area contributed by atoms with Crippen LogP contribution in [0.4, 0.5) is 0 Å². The number of hydrogen-bond donors (Lipinski definition) is 12. The number of nitrogens with two attached hydrogens (primary N) is 3. The van der Waals surface area contributed by atoms with Crippen LogP contribution in [-0.4, -0.2) is 147 Å². The average molecular weight is 1140 g/mol. The number of nitrogens with one attached hydrogen (secondary N) is 8. The lowest BCUT2D eigenvalue weighted by Gasteiger charge is -2.10. The number of rotatable bonds is 21. The highest BCUT2D eigenvalue weighted by Crippen LogP contribution is 1.97. The van der Waals surface area contributed by atoms with Crippen LogP contribution in [0.5, 0.6) is 0 Å². The van der Waals surface area contributed by atoms with E-state index in [2.05, 4.69) is 86.5 Å². The predicted molar refractivity (Wildman–Crippen MR) is 327 cm³/mol. The molecule has 462 valence electrons. The molecule has 0 radical (unpaired) electrons. The van der Waals surface area contributed by atoms with Crippen molar-refractivity contribution in [3.8, 4) is 6.07 Å². The second-order valence-electron chi connectivity index (χ2n) is 17.4. The summed E-state index contributed by atoms with van der Waals surface area (Å²) >= 11 is 0. The lowest BCUT2D eigenvalue weighted by molar-refractivity contribution is -0.126. The number of carbonyl (C=O) groups excluding carboxylic acids is 8. The third-order valence-electron chi connectivity index (χ3n) is 7.92. The molecular weight excluding hydrogens is 1040 g/mol. The number of likely N-dealkylation sites (N-methyl/N-ethyl adjacent to an activating group) is 1. The molecule has 0 saturated carbocycles. The summed E-state index contributed by atoms with van der Waals surface area (Å²) in [6.07, 6.45) is 6.44. The first-order valence-corrected chi connectivity index (χ1v) is 25.7. The van der Waals surface area contributed by atoms with E-state index in [1.807, 2.05) is 101 Å². The first-order valence-electron chi connectivity index (χ1n) is 25.7. The standard InChI is InChI=1S/C9H11NO.C8H10N2O.C7H15N.C6H12N2O2.C6H14N2O.C5H11NO.C5H11N.C4H8N2O2.C4H6N2O.C3H7N/c1-8(11)10-7-9-5-3-2-4-6-9;1-7(11)10-6-8-2-4-9-5-3-8;1-4-5-6-8-7(2)3;1-3-5(6(7)10)8-4(2)9;1-6(9)7-4-5-8(2)3;1-5(2)6-3-4-7;1-5(2)6(3)4;1-3(7)6-2-4(5)8;1-4(7)6-3-2-5;1-3(2)4/h2-6H,7H2,1H3,(H,10,11);2-5H,6H2,1H3,(H,10,11);8H,2,4-6H2,1,3H3;5H,3H2,1-2H3,(H2,7,10)(H,8,9);4-5H2,1-3H3,(H,7,9);6-7H,1,3-4H2,2H3;1H2,2-4H3;2H2,1H3,(H2,5,8)(H,6,7);3H2,1H3,(H,6,7);1,4H2,2H3. The molecule has 8 amide bonds. The van der Waals surface area contributed by atoms with Gasteiger partial charge in [-0.15, -0.1) is 0 Å². The Bertz CT molecular complexity index is 1980. The lowest BCUT2D eigenvalue weighted by atomic mass is 10.2. The Morgan fingerprint density at radius 2 is 1.01 bits per heavy atom. The van der Waals surface area contributed by atoms with E-state index in [1.165, 1.54) is 54.4 Å². The van der Waals surface area contributed by atoms with Crippen LogP contribution in [-0.2, 0) is 51.4 Å². The summed E-state index contributed by atoms with van der Waals surface area (Å²) in [5, 5.41) is 37.1. The highest BCUT2D eigenvalue weighted by molar-refractivity contribution is 5.85. The highest BCUT2D eigenvalue weighted by Gasteiger charge is 2.12. The van der Waals surface area contributed by atoms with Crippen molar-refractivity contribution in [3.63, 3.8) is 0 Å².